The first kappa shape index (κ1) is 21.1. The number of nitriles is 1. The van der Waals surface area contributed by atoms with E-state index in [4.69, 9.17) is 9.84 Å². The van der Waals surface area contributed by atoms with Crippen molar-refractivity contribution in [3.05, 3.63) is 70.8 Å². The predicted molar refractivity (Wildman–Crippen MR) is 113 cm³/mol. The second-order valence-corrected chi connectivity index (χ2v) is 7.34. The van der Waals surface area contributed by atoms with Crippen LogP contribution in [0, 0.1) is 11.3 Å². The summed E-state index contributed by atoms with van der Waals surface area (Å²) in [5.41, 5.74) is 1.92. The molecule has 154 valence electrons. The summed E-state index contributed by atoms with van der Waals surface area (Å²) < 4.78 is 5.71. The first-order valence-corrected chi connectivity index (χ1v) is 10.0. The second-order valence-electron chi connectivity index (χ2n) is 7.34. The van der Waals surface area contributed by atoms with Crippen LogP contribution in [0.4, 0.5) is 0 Å². The number of nitrogens with zero attached hydrogens (tertiary/aromatic N) is 1. The number of nitrogens with one attached hydrogen (secondary N) is 1. The van der Waals surface area contributed by atoms with Crippen molar-refractivity contribution in [2.24, 2.45) is 0 Å². The van der Waals surface area contributed by atoms with Crippen LogP contribution >= 0.6 is 0 Å². The van der Waals surface area contributed by atoms with Crippen LogP contribution in [0.15, 0.2) is 54.1 Å². The number of amides is 1. The molecular formula is C24H24N2O4. The van der Waals surface area contributed by atoms with Crippen molar-refractivity contribution >= 4 is 18.0 Å². The molecule has 2 N–H and O–H groups in total. The summed E-state index contributed by atoms with van der Waals surface area (Å²) in [4.78, 5) is 23.3. The lowest BCUT2D eigenvalue weighted by molar-refractivity contribution is -0.117. The summed E-state index contributed by atoms with van der Waals surface area (Å²) in [5, 5.41) is 21.3. The third kappa shape index (κ3) is 5.95. The van der Waals surface area contributed by atoms with Gasteiger partial charge in [0.15, 0.2) is 0 Å². The highest BCUT2D eigenvalue weighted by atomic mass is 16.5. The number of carbonyl (C=O) groups is 2. The molecule has 1 aliphatic carbocycles. The molecule has 1 saturated carbocycles. The Labute approximate surface area is 175 Å². The Kier molecular flexibility index (Phi) is 7.23. The van der Waals surface area contributed by atoms with Gasteiger partial charge in [-0.05, 0) is 54.3 Å². The molecule has 1 fully saturated rings. The molecule has 6 heteroatoms. The number of carbonyl (C=O) groups excluding carboxylic acids is 1. The van der Waals surface area contributed by atoms with E-state index in [1.54, 1.807) is 42.5 Å². The predicted octanol–water partition coefficient (Wildman–Crippen LogP) is 4.32. The number of hydrogen-bond donors (Lipinski definition) is 2. The van der Waals surface area contributed by atoms with Crippen LogP contribution in [0.3, 0.4) is 0 Å². The smallest absolute Gasteiger partial charge is 0.335 e. The van der Waals surface area contributed by atoms with Crippen LogP contribution in [0.1, 0.15) is 53.6 Å². The van der Waals surface area contributed by atoms with Gasteiger partial charge in [-0.3, -0.25) is 4.79 Å². The van der Waals surface area contributed by atoms with Crippen molar-refractivity contribution < 1.29 is 19.4 Å². The molecule has 30 heavy (non-hydrogen) atoms. The Morgan fingerprint density at radius 3 is 2.33 bits per heavy atom. The lowest BCUT2D eigenvalue weighted by Crippen LogP contribution is -2.36. The number of carboxylic acids is 1. The molecule has 2 aromatic carbocycles. The summed E-state index contributed by atoms with van der Waals surface area (Å²) in [7, 11) is 0. The molecule has 0 spiro atoms. The maximum atomic E-state index is 12.4. The number of rotatable bonds is 7. The van der Waals surface area contributed by atoms with Crippen molar-refractivity contribution in [2.45, 2.75) is 44.8 Å². The van der Waals surface area contributed by atoms with Gasteiger partial charge in [-0.2, -0.15) is 5.26 Å². The number of carboxylic acid groups (broad SMARTS) is 1. The quantitative estimate of drug-likeness (QED) is 0.529. The molecule has 0 aliphatic heterocycles. The fourth-order valence-corrected chi connectivity index (χ4v) is 3.40. The van der Waals surface area contributed by atoms with Crippen LogP contribution in [0.2, 0.25) is 0 Å². The molecule has 1 aliphatic rings. The van der Waals surface area contributed by atoms with Gasteiger partial charge in [0, 0.05) is 6.04 Å². The van der Waals surface area contributed by atoms with Crippen molar-refractivity contribution in [3.8, 4) is 11.8 Å². The number of benzene rings is 2. The maximum Gasteiger partial charge on any atom is 0.335 e. The molecule has 2 aromatic rings. The van der Waals surface area contributed by atoms with Crippen LogP contribution in [-0.4, -0.2) is 23.0 Å². The van der Waals surface area contributed by atoms with E-state index in [2.05, 4.69) is 5.32 Å². The molecule has 0 unspecified atom stereocenters. The lowest BCUT2D eigenvalue weighted by atomic mass is 9.95. The maximum absolute atomic E-state index is 12.4. The van der Waals surface area contributed by atoms with E-state index >= 15 is 0 Å². The minimum atomic E-state index is -0.963. The van der Waals surface area contributed by atoms with Gasteiger partial charge in [-0.15, -0.1) is 0 Å². The van der Waals surface area contributed by atoms with E-state index in [9.17, 15) is 14.9 Å². The molecule has 3 rings (SSSR count). The molecule has 0 atom stereocenters. The number of ether oxygens (including phenoxy) is 1. The summed E-state index contributed by atoms with van der Waals surface area (Å²) in [5.74, 6) is -0.649. The third-order valence-corrected chi connectivity index (χ3v) is 5.10. The summed E-state index contributed by atoms with van der Waals surface area (Å²) in [6, 6.07) is 15.8. The Bertz CT molecular complexity index is 950. The van der Waals surface area contributed by atoms with Gasteiger partial charge in [0.1, 0.15) is 24.0 Å². The van der Waals surface area contributed by atoms with E-state index in [1.165, 1.54) is 18.6 Å². The highest BCUT2D eigenvalue weighted by molar-refractivity contribution is 6.01. The molecular weight excluding hydrogens is 380 g/mol. The van der Waals surface area contributed by atoms with Gasteiger partial charge in [0.25, 0.3) is 5.91 Å². The molecule has 0 heterocycles. The Morgan fingerprint density at radius 1 is 1.07 bits per heavy atom. The molecule has 0 radical (unpaired) electrons. The molecule has 1 amide bonds. The summed E-state index contributed by atoms with van der Waals surface area (Å²) in [6.45, 7) is 0.308. The SMILES string of the molecule is N#C/C(=C\c1ccc(OCc2ccc(C(=O)O)cc2)cc1)C(=O)NC1CCCCC1. The minimum Gasteiger partial charge on any atom is -0.489 e. The van der Waals surface area contributed by atoms with E-state index in [1.807, 2.05) is 6.07 Å². The van der Waals surface area contributed by atoms with Crippen molar-refractivity contribution in [3.63, 3.8) is 0 Å². The average molecular weight is 404 g/mol. The molecule has 0 bridgehead atoms. The van der Waals surface area contributed by atoms with Gasteiger partial charge < -0.3 is 15.2 Å². The van der Waals surface area contributed by atoms with Crippen molar-refractivity contribution in [2.75, 3.05) is 0 Å². The highest BCUT2D eigenvalue weighted by Crippen LogP contribution is 2.19. The Hall–Kier alpha value is -3.59. The van der Waals surface area contributed by atoms with Crippen LogP contribution in [0.5, 0.6) is 5.75 Å². The second kappa shape index (κ2) is 10.3. The van der Waals surface area contributed by atoms with Gasteiger partial charge in [0.05, 0.1) is 5.56 Å². The summed E-state index contributed by atoms with van der Waals surface area (Å²) in [6.07, 6.45) is 6.94. The normalized spacial score (nSPS) is 14.6. The zero-order chi connectivity index (χ0) is 21.3. The van der Waals surface area contributed by atoms with Crippen molar-refractivity contribution in [1.29, 1.82) is 5.26 Å². The number of hydrogen-bond acceptors (Lipinski definition) is 4. The summed E-state index contributed by atoms with van der Waals surface area (Å²) >= 11 is 0. The monoisotopic (exact) mass is 404 g/mol. The van der Waals surface area contributed by atoms with E-state index in [-0.39, 0.29) is 23.1 Å². The minimum absolute atomic E-state index is 0.0905. The van der Waals surface area contributed by atoms with Gasteiger partial charge in [-0.1, -0.05) is 43.5 Å². The lowest BCUT2D eigenvalue weighted by Gasteiger charge is -2.22. The number of aromatic carboxylic acids is 1. The zero-order valence-electron chi connectivity index (χ0n) is 16.6. The van der Waals surface area contributed by atoms with Gasteiger partial charge in [0.2, 0.25) is 0 Å². The fraction of sp³-hybridized carbons (Fsp3) is 0.292. The molecule has 0 saturated heterocycles. The van der Waals surface area contributed by atoms with Crippen LogP contribution < -0.4 is 10.1 Å². The van der Waals surface area contributed by atoms with Gasteiger partial charge in [-0.25, -0.2) is 4.79 Å². The third-order valence-electron chi connectivity index (χ3n) is 5.10. The first-order chi connectivity index (χ1) is 14.5. The van der Waals surface area contributed by atoms with Crippen LogP contribution in [0.25, 0.3) is 6.08 Å². The standard InChI is InChI=1S/C24H24N2O4/c25-15-20(23(27)26-21-4-2-1-3-5-21)14-17-8-12-22(13-9-17)30-16-18-6-10-19(11-7-18)24(28)29/h6-14,21H,1-5,16H2,(H,26,27)(H,28,29)/b20-14+. The topological polar surface area (TPSA) is 99.4 Å². The van der Waals surface area contributed by atoms with Gasteiger partial charge >= 0.3 is 5.97 Å². The van der Waals surface area contributed by atoms with E-state index in [0.29, 0.717) is 12.4 Å². The largest absolute Gasteiger partial charge is 0.489 e. The van der Waals surface area contributed by atoms with E-state index < -0.39 is 5.97 Å². The Balaban J connectivity index is 1.57. The highest BCUT2D eigenvalue weighted by Gasteiger charge is 2.18. The molecule has 0 aromatic heterocycles. The fourth-order valence-electron chi connectivity index (χ4n) is 3.40. The first-order valence-electron chi connectivity index (χ1n) is 10.0. The van der Waals surface area contributed by atoms with Crippen LogP contribution in [-0.2, 0) is 11.4 Å². The zero-order valence-corrected chi connectivity index (χ0v) is 16.6. The Morgan fingerprint density at radius 2 is 1.73 bits per heavy atom. The average Bonchev–Trinajstić information content (AvgIpc) is 2.77. The molecule has 6 nitrogen and oxygen atoms in total. The van der Waals surface area contributed by atoms with Crippen molar-refractivity contribution in [1.82, 2.24) is 5.32 Å². The van der Waals surface area contributed by atoms with E-state index in [0.717, 1.165) is 36.8 Å².